The van der Waals surface area contributed by atoms with E-state index >= 15 is 8.78 Å². The van der Waals surface area contributed by atoms with Crippen molar-refractivity contribution in [2.24, 2.45) is 11.8 Å². The molecule has 2 heterocycles. The Kier molecular flexibility index (Phi) is 8.33. The van der Waals surface area contributed by atoms with Crippen LogP contribution in [0.1, 0.15) is 48.0 Å². The number of carbonyl (C=O) groups excluding carboxylic acids is 1. The molecule has 0 spiro atoms. The molecule has 0 bridgehead atoms. The summed E-state index contributed by atoms with van der Waals surface area (Å²) in [5.74, 6) is -5.96. The lowest BCUT2D eigenvalue weighted by molar-refractivity contribution is 0.0599. The standard InChI is InChI=1S/C30H31F4N3O5/c1-39-26-10-9-18(28(35-26)40-2)30(36-24-13-20(31)21(32)14-25(24)37-30)19(16-7-5-4-6-8-16)15-42-27-22(33)11-17(12-23(27)34)29(38)41-3/h9-14,16,19,36-37H,4-8,15H2,1-3H3. The van der Waals surface area contributed by atoms with E-state index in [0.29, 0.717) is 5.56 Å². The molecule has 1 aliphatic carbocycles. The van der Waals surface area contributed by atoms with Crippen LogP contribution in [-0.4, -0.2) is 38.9 Å². The molecule has 42 heavy (non-hydrogen) atoms. The molecule has 224 valence electrons. The first kappa shape index (κ1) is 29.3. The summed E-state index contributed by atoms with van der Waals surface area (Å²) in [4.78, 5) is 16.3. The van der Waals surface area contributed by atoms with Crippen LogP contribution in [0.25, 0.3) is 0 Å². The number of anilines is 2. The van der Waals surface area contributed by atoms with Gasteiger partial charge in [0, 0.05) is 24.1 Å². The minimum absolute atomic E-state index is 0.0463. The van der Waals surface area contributed by atoms with E-state index in [1.807, 2.05) is 0 Å². The quantitative estimate of drug-likeness (QED) is 0.219. The molecule has 1 unspecified atom stereocenters. The number of nitrogens with one attached hydrogen (secondary N) is 2. The normalized spacial score (nSPS) is 16.5. The molecule has 1 fully saturated rings. The van der Waals surface area contributed by atoms with E-state index in [9.17, 15) is 13.6 Å². The van der Waals surface area contributed by atoms with E-state index < -0.39 is 46.6 Å². The lowest BCUT2D eigenvalue weighted by atomic mass is 9.72. The molecule has 3 aromatic rings. The van der Waals surface area contributed by atoms with Crippen LogP contribution in [0, 0.1) is 35.1 Å². The fourth-order valence-electron chi connectivity index (χ4n) is 5.98. The number of esters is 1. The minimum Gasteiger partial charge on any atom is -0.487 e. The van der Waals surface area contributed by atoms with Gasteiger partial charge in [-0.25, -0.2) is 22.4 Å². The first-order valence-corrected chi connectivity index (χ1v) is 13.6. The number of pyridine rings is 1. The molecule has 1 aromatic heterocycles. The Morgan fingerprint density at radius 3 is 2.07 bits per heavy atom. The van der Waals surface area contributed by atoms with Crippen LogP contribution in [0.4, 0.5) is 28.9 Å². The number of hydrogen-bond donors (Lipinski definition) is 2. The van der Waals surface area contributed by atoms with Crippen LogP contribution in [0.3, 0.4) is 0 Å². The van der Waals surface area contributed by atoms with E-state index in [2.05, 4.69) is 20.4 Å². The van der Waals surface area contributed by atoms with Gasteiger partial charge >= 0.3 is 5.97 Å². The zero-order chi connectivity index (χ0) is 30.0. The van der Waals surface area contributed by atoms with E-state index in [0.717, 1.165) is 63.5 Å². The largest absolute Gasteiger partial charge is 0.487 e. The minimum atomic E-state index is -1.33. The number of nitrogens with zero attached hydrogens (tertiary/aromatic N) is 1. The maximum Gasteiger partial charge on any atom is 0.338 e. The summed E-state index contributed by atoms with van der Waals surface area (Å²) in [5, 5.41) is 6.66. The van der Waals surface area contributed by atoms with Crippen molar-refractivity contribution in [1.82, 2.24) is 4.98 Å². The third-order valence-corrected chi connectivity index (χ3v) is 7.99. The molecule has 2 N–H and O–H groups in total. The summed E-state index contributed by atoms with van der Waals surface area (Å²) < 4.78 is 80.2. The maximum atomic E-state index is 15.1. The Bertz CT molecular complexity index is 1430. The Morgan fingerprint density at radius 2 is 1.52 bits per heavy atom. The van der Waals surface area contributed by atoms with Gasteiger partial charge in [-0.15, -0.1) is 0 Å². The Hall–Kier alpha value is -4.22. The predicted octanol–water partition coefficient (Wildman–Crippen LogP) is 6.41. The predicted molar refractivity (Wildman–Crippen MR) is 146 cm³/mol. The second-order valence-corrected chi connectivity index (χ2v) is 10.4. The Morgan fingerprint density at radius 1 is 0.905 bits per heavy atom. The molecular formula is C30H31F4N3O5. The highest BCUT2D eigenvalue weighted by Gasteiger charge is 2.51. The van der Waals surface area contributed by atoms with Crippen molar-refractivity contribution < 1.29 is 41.3 Å². The van der Waals surface area contributed by atoms with Gasteiger partial charge in [0.05, 0.1) is 50.4 Å². The number of carbonyl (C=O) groups is 1. The molecule has 0 amide bonds. The summed E-state index contributed by atoms with van der Waals surface area (Å²) in [5.41, 5.74) is -0.579. The zero-order valence-electron chi connectivity index (χ0n) is 23.4. The summed E-state index contributed by atoms with van der Waals surface area (Å²) in [6.07, 6.45) is 4.41. The van der Waals surface area contributed by atoms with E-state index in [1.54, 1.807) is 12.1 Å². The highest BCUT2D eigenvalue weighted by Crippen LogP contribution is 2.51. The molecule has 1 aliphatic heterocycles. The Balaban J connectivity index is 1.62. The molecule has 2 aliphatic rings. The van der Waals surface area contributed by atoms with E-state index in [-0.39, 0.29) is 41.2 Å². The van der Waals surface area contributed by atoms with Gasteiger partial charge in [0.2, 0.25) is 11.8 Å². The lowest BCUT2D eigenvalue weighted by Gasteiger charge is -2.44. The SMILES string of the molecule is COC(=O)c1cc(F)c(OCC(C2CCCCC2)C2(c3ccc(OC)nc3OC)Nc3cc(F)c(F)cc3N2)c(F)c1. The van der Waals surface area contributed by atoms with Gasteiger partial charge in [-0.2, -0.15) is 4.98 Å². The van der Waals surface area contributed by atoms with Gasteiger partial charge in [-0.3, -0.25) is 0 Å². The average Bonchev–Trinajstić information content (AvgIpc) is 3.36. The number of aromatic nitrogens is 1. The molecule has 5 rings (SSSR count). The van der Waals surface area contributed by atoms with Crippen molar-refractivity contribution in [3.05, 3.63) is 70.8 Å². The third-order valence-electron chi connectivity index (χ3n) is 7.99. The van der Waals surface area contributed by atoms with E-state index in [4.69, 9.17) is 14.2 Å². The molecule has 0 radical (unpaired) electrons. The van der Waals surface area contributed by atoms with Crippen molar-refractivity contribution >= 4 is 17.3 Å². The van der Waals surface area contributed by atoms with Gasteiger partial charge in [0.25, 0.3) is 0 Å². The van der Waals surface area contributed by atoms with Gasteiger partial charge < -0.3 is 29.6 Å². The fourth-order valence-corrected chi connectivity index (χ4v) is 5.98. The lowest BCUT2D eigenvalue weighted by Crippen LogP contribution is -2.52. The van der Waals surface area contributed by atoms with Crippen molar-refractivity contribution in [1.29, 1.82) is 0 Å². The highest BCUT2D eigenvalue weighted by atomic mass is 19.2. The average molecular weight is 590 g/mol. The number of ether oxygens (including phenoxy) is 4. The number of fused-ring (bicyclic) bond motifs is 1. The number of benzene rings is 2. The molecule has 2 aromatic carbocycles. The van der Waals surface area contributed by atoms with Crippen LogP contribution >= 0.6 is 0 Å². The first-order chi connectivity index (χ1) is 20.2. The summed E-state index contributed by atoms with van der Waals surface area (Å²) in [6.45, 7) is -0.218. The van der Waals surface area contributed by atoms with Crippen LogP contribution in [0.5, 0.6) is 17.5 Å². The smallest absolute Gasteiger partial charge is 0.338 e. The summed E-state index contributed by atoms with van der Waals surface area (Å²) in [7, 11) is 3.99. The number of rotatable bonds is 9. The van der Waals surface area contributed by atoms with Crippen LogP contribution in [0.15, 0.2) is 36.4 Å². The van der Waals surface area contributed by atoms with Crippen molar-refractivity contribution in [2.75, 3.05) is 38.6 Å². The number of halogens is 4. The fraction of sp³-hybridized carbons (Fsp3) is 0.400. The van der Waals surface area contributed by atoms with Crippen molar-refractivity contribution in [3.8, 4) is 17.5 Å². The number of hydrogen-bond acceptors (Lipinski definition) is 8. The zero-order valence-corrected chi connectivity index (χ0v) is 23.4. The second kappa shape index (κ2) is 11.9. The van der Waals surface area contributed by atoms with Gasteiger partial charge in [-0.1, -0.05) is 19.3 Å². The van der Waals surface area contributed by atoms with Crippen molar-refractivity contribution in [3.63, 3.8) is 0 Å². The van der Waals surface area contributed by atoms with Crippen LogP contribution in [0.2, 0.25) is 0 Å². The molecule has 0 saturated heterocycles. The van der Waals surface area contributed by atoms with Gasteiger partial charge in [-0.05, 0) is 37.0 Å². The maximum absolute atomic E-state index is 15.1. The van der Waals surface area contributed by atoms with Crippen molar-refractivity contribution in [2.45, 2.75) is 37.8 Å². The van der Waals surface area contributed by atoms with Gasteiger partial charge in [0.15, 0.2) is 29.0 Å². The third kappa shape index (κ3) is 5.37. The first-order valence-electron chi connectivity index (χ1n) is 13.6. The monoisotopic (exact) mass is 589 g/mol. The van der Waals surface area contributed by atoms with Crippen LogP contribution < -0.4 is 24.8 Å². The summed E-state index contributed by atoms with van der Waals surface area (Å²) >= 11 is 0. The molecule has 1 saturated carbocycles. The molecule has 1 atom stereocenters. The second-order valence-electron chi connectivity index (χ2n) is 10.4. The van der Waals surface area contributed by atoms with E-state index in [1.165, 1.54) is 14.2 Å². The summed E-state index contributed by atoms with van der Waals surface area (Å²) in [6, 6.07) is 7.13. The molecule has 12 heteroatoms. The highest BCUT2D eigenvalue weighted by molar-refractivity contribution is 5.89. The van der Waals surface area contributed by atoms with Gasteiger partial charge in [0.1, 0.15) is 5.66 Å². The topological polar surface area (TPSA) is 90.9 Å². The molecule has 8 nitrogen and oxygen atoms in total. The Labute approximate surface area is 240 Å². The number of methoxy groups -OCH3 is 3. The molecular weight excluding hydrogens is 558 g/mol. The van der Waals surface area contributed by atoms with Crippen LogP contribution in [-0.2, 0) is 10.4 Å².